The summed E-state index contributed by atoms with van der Waals surface area (Å²) in [6, 6.07) is -1.08. The van der Waals surface area contributed by atoms with Crippen molar-refractivity contribution in [2.45, 2.75) is 11.4 Å². The Hall–Kier alpha value is -2.73. The van der Waals surface area contributed by atoms with E-state index in [0.717, 1.165) is 11.3 Å². The average molecular weight is 397 g/mol. The van der Waals surface area contributed by atoms with Crippen molar-refractivity contribution in [3.63, 3.8) is 0 Å². The number of aldehydes is 1. The van der Waals surface area contributed by atoms with E-state index in [2.05, 4.69) is 31.9 Å². The molecular formula is C14H15N5O5S2. The number of anilines is 1. The van der Waals surface area contributed by atoms with E-state index in [4.69, 9.17) is 10.8 Å². The van der Waals surface area contributed by atoms with Gasteiger partial charge in [-0.1, -0.05) is 11.7 Å². The second-order valence-electron chi connectivity index (χ2n) is 4.92. The summed E-state index contributed by atoms with van der Waals surface area (Å²) >= 11 is 2.30. The third-order valence-electron chi connectivity index (χ3n) is 3.14. The van der Waals surface area contributed by atoms with Crippen LogP contribution in [0.4, 0.5) is 5.13 Å². The molecular weight excluding hydrogens is 382 g/mol. The van der Waals surface area contributed by atoms with Crippen molar-refractivity contribution in [3.05, 3.63) is 23.2 Å². The van der Waals surface area contributed by atoms with Crippen molar-refractivity contribution in [1.29, 1.82) is 0 Å². The lowest BCUT2D eigenvalue weighted by Gasteiger charge is -2.24. The van der Waals surface area contributed by atoms with Crippen molar-refractivity contribution in [2.75, 3.05) is 18.6 Å². The molecule has 1 aromatic heterocycles. The van der Waals surface area contributed by atoms with Gasteiger partial charge in [0.1, 0.15) is 36.2 Å². The number of rotatable bonds is 7. The van der Waals surface area contributed by atoms with E-state index in [0.29, 0.717) is 11.9 Å². The molecule has 0 radical (unpaired) electrons. The summed E-state index contributed by atoms with van der Waals surface area (Å²) in [6.45, 7) is 3.63. The van der Waals surface area contributed by atoms with E-state index in [9.17, 15) is 14.4 Å². The van der Waals surface area contributed by atoms with Crippen LogP contribution in [0.1, 0.15) is 5.69 Å². The maximum Gasteiger partial charge on any atom is 0.354 e. The Bertz CT molecular complexity index is 803. The highest BCUT2D eigenvalue weighted by atomic mass is 32.2. The number of hydrogen-bond donors (Lipinski definition) is 3. The number of carbonyl (C=O) groups excluding carboxylic acids is 2. The molecule has 0 aliphatic carbocycles. The fourth-order valence-electron chi connectivity index (χ4n) is 1.98. The first-order valence-electron chi connectivity index (χ1n) is 7.07. The molecule has 0 bridgehead atoms. The number of hydrogen-bond acceptors (Lipinski definition) is 10. The van der Waals surface area contributed by atoms with Crippen LogP contribution in [0.25, 0.3) is 0 Å². The highest BCUT2D eigenvalue weighted by Gasteiger charge is 2.31. The van der Waals surface area contributed by atoms with Gasteiger partial charge in [-0.25, -0.2) is 9.78 Å². The minimum absolute atomic E-state index is 0.167. The van der Waals surface area contributed by atoms with Gasteiger partial charge in [-0.05, 0) is 5.57 Å². The largest absolute Gasteiger partial charge is 0.477 e. The number of carboxylic acids is 1. The fourth-order valence-corrected chi connectivity index (χ4v) is 3.56. The summed E-state index contributed by atoms with van der Waals surface area (Å²) in [6.07, 6.45) is 0.479. The van der Waals surface area contributed by atoms with Gasteiger partial charge in [0.25, 0.3) is 5.91 Å². The maximum absolute atomic E-state index is 12.5. The van der Waals surface area contributed by atoms with Gasteiger partial charge in [-0.2, -0.15) is 0 Å². The van der Waals surface area contributed by atoms with Crippen LogP contribution in [0.15, 0.2) is 27.7 Å². The van der Waals surface area contributed by atoms with Crippen LogP contribution in [-0.4, -0.2) is 64.0 Å². The Morgan fingerprint density at radius 3 is 2.88 bits per heavy atom. The molecule has 2 heterocycles. The number of nitrogens with one attached hydrogen (secondary N) is 1. The number of amides is 1. The molecule has 10 nitrogen and oxygen atoms in total. The zero-order valence-electron chi connectivity index (χ0n) is 13.5. The van der Waals surface area contributed by atoms with Gasteiger partial charge < -0.3 is 25.8 Å². The van der Waals surface area contributed by atoms with Crippen LogP contribution in [0.3, 0.4) is 0 Å². The first-order valence-corrected chi connectivity index (χ1v) is 8.99. The van der Waals surface area contributed by atoms with Crippen molar-refractivity contribution in [1.82, 2.24) is 10.3 Å². The predicted octanol–water partition coefficient (Wildman–Crippen LogP) is -0.0858. The van der Waals surface area contributed by atoms with E-state index in [1.54, 1.807) is 0 Å². The van der Waals surface area contributed by atoms with E-state index in [1.165, 1.54) is 24.3 Å². The van der Waals surface area contributed by atoms with Gasteiger partial charge in [0.05, 0.1) is 0 Å². The Balaban J connectivity index is 2.22. The Morgan fingerprint density at radius 1 is 1.62 bits per heavy atom. The molecule has 0 spiro atoms. The number of thioether (sulfide) groups is 1. The number of thiazole rings is 1. The first kappa shape index (κ1) is 19.6. The molecule has 1 aromatic rings. The number of nitrogen functional groups attached to an aromatic ring is 1. The quantitative estimate of drug-likeness (QED) is 0.327. The number of aromatic nitrogens is 1. The number of oxime groups is 1. The average Bonchev–Trinajstić information content (AvgIpc) is 3.03. The van der Waals surface area contributed by atoms with E-state index in [-0.39, 0.29) is 28.0 Å². The van der Waals surface area contributed by atoms with Gasteiger partial charge in [-0.3, -0.25) is 9.79 Å². The fraction of sp³-hybridized carbons (Fsp3) is 0.286. The molecule has 1 amide bonds. The molecule has 2 unspecified atom stereocenters. The van der Waals surface area contributed by atoms with E-state index in [1.807, 2.05) is 0 Å². The normalized spacial score (nSPS) is 18.7. The van der Waals surface area contributed by atoms with Gasteiger partial charge in [-0.15, -0.1) is 23.1 Å². The first-order chi connectivity index (χ1) is 12.4. The Labute approximate surface area is 156 Å². The number of carbonyl (C=O) groups is 3. The monoisotopic (exact) mass is 397 g/mol. The highest BCUT2D eigenvalue weighted by molar-refractivity contribution is 8.00. The number of nitrogens with two attached hydrogens (primary N) is 1. The van der Waals surface area contributed by atoms with Crippen LogP contribution >= 0.6 is 23.1 Å². The zero-order chi connectivity index (χ0) is 19.3. The summed E-state index contributed by atoms with van der Waals surface area (Å²) in [5.41, 5.74) is 5.70. The van der Waals surface area contributed by atoms with Gasteiger partial charge in [0.15, 0.2) is 10.8 Å². The van der Waals surface area contributed by atoms with E-state index < -0.39 is 23.3 Å². The second-order valence-corrected chi connectivity index (χ2v) is 6.91. The lowest BCUT2D eigenvalue weighted by molar-refractivity contribution is -0.129. The van der Waals surface area contributed by atoms with Crippen LogP contribution in [-0.2, 0) is 19.2 Å². The SMILES string of the molecule is C=C1CSC(C(C=O)NC(=O)C(=NOC)c2csc(N)n2)N=C1C(=O)O. The molecule has 1 aliphatic rings. The third kappa shape index (κ3) is 4.46. The molecule has 26 heavy (non-hydrogen) atoms. The van der Waals surface area contributed by atoms with Crippen LogP contribution in [0.5, 0.6) is 0 Å². The van der Waals surface area contributed by atoms with Gasteiger partial charge >= 0.3 is 5.97 Å². The van der Waals surface area contributed by atoms with Crippen molar-refractivity contribution in [3.8, 4) is 0 Å². The molecule has 0 aromatic carbocycles. The van der Waals surface area contributed by atoms with Crippen molar-refractivity contribution >= 4 is 57.8 Å². The number of aliphatic carboxylic acids is 1. The molecule has 0 fully saturated rings. The van der Waals surface area contributed by atoms with E-state index >= 15 is 0 Å². The summed E-state index contributed by atoms with van der Waals surface area (Å²) < 4.78 is 0. The minimum Gasteiger partial charge on any atom is -0.477 e. The molecule has 0 saturated heterocycles. The molecule has 4 N–H and O–H groups in total. The van der Waals surface area contributed by atoms with Crippen LogP contribution in [0.2, 0.25) is 0 Å². The Morgan fingerprint density at radius 2 is 2.35 bits per heavy atom. The van der Waals surface area contributed by atoms with Gasteiger partial charge in [0, 0.05) is 11.1 Å². The second kappa shape index (κ2) is 8.58. The highest BCUT2D eigenvalue weighted by Crippen LogP contribution is 2.25. The molecule has 0 saturated carbocycles. The summed E-state index contributed by atoms with van der Waals surface area (Å²) in [7, 11) is 1.26. The van der Waals surface area contributed by atoms with Gasteiger partial charge in [0.2, 0.25) is 0 Å². The lowest BCUT2D eigenvalue weighted by atomic mass is 10.2. The molecule has 12 heteroatoms. The lowest BCUT2D eigenvalue weighted by Crippen LogP contribution is -2.47. The summed E-state index contributed by atoms with van der Waals surface area (Å²) in [5, 5.41) is 16.2. The van der Waals surface area contributed by atoms with Crippen LogP contribution in [0, 0.1) is 0 Å². The smallest absolute Gasteiger partial charge is 0.354 e. The van der Waals surface area contributed by atoms with Crippen molar-refractivity contribution in [2.24, 2.45) is 10.1 Å². The molecule has 138 valence electrons. The summed E-state index contributed by atoms with van der Waals surface area (Å²) in [4.78, 5) is 47.7. The predicted molar refractivity (Wildman–Crippen MR) is 98.5 cm³/mol. The summed E-state index contributed by atoms with van der Waals surface area (Å²) in [5.74, 6) is -1.69. The molecule has 1 aliphatic heterocycles. The minimum atomic E-state index is -1.24. The zero-order valence-corrected chi connectivity index (χ0v) is 15.2. The van der Waals surface area contributed by atoms with Crippen LogP contribution < -0.4 is 11.1 Å². The number of nitrogens with zero attached hydrogens (tertiary/aromatic N) is 3. The molecule has 2 atom stereocenters. The standard InChI is InChI=1S/C14H15N5O5S2/c1-6-4-25-12(18-9(6)13(22)23)7(3-20)16-11(21)10(19-24-2)8-5-26-14(15)17-8/h3,5,7,12H,1,4H2,2H3,(H2,15,17)(H,16,21)(H,22,23). The Kier molecular flexibility index (Phi) is 6.46. The third-order valence-corrected chi connectivity index (χ3v) is 5.07. The topological polar surface area (TPSA) is 156 Å². The maximum atomic E-state index is 12.5. The molecule has 2 rings (SSSR count). The number of aliphatic imine (C=N–C) groups is 1. The van der Waals surface area contributed by atoms with Crippen molar-refractivity contribution < 1.29 is 24.3 Å². The number of carboxylic acid groups (broad SMARTS) is 1.